The lowest BCUT2D eigenvalue weighted by Crippen LogP contribution is -2.41. The monoisotopic (exact) mass is 307 g/mol. The normalized spacial score (nSPS) is 21.6. The van der Waals surface area contributed by atoms with E-state index in [0.717, 1.165) is 5.57 Å². The van der Waals surface area contributed by atoms with Crippen molar-refractivity contribution in [3.05, 3.63) is 57.7 Å². The minimum absolute atomic E-state index is 0.0523. The summed E-state index contributed by atoms with van der Waals surface area (Å²) in [5.41, 5.74) is 0.771. The third kappa shape index (κ3) is 3.10. The van der Waals surface area contributed by atoms with Crippen LogP contribution in [0.1, 0.15) is 20.8 Å². The number of nitro groups is 1. The Bertz CT molecular complexity index is 579. The molecule has 0 spiro atoms. The van der Waals surface area contributed by atoms with E-state index in [1.165, 1.54) is 12.2 Å². The first-order valence-electron chi connectivity index (χ1n) is 6.91. The molecular weight excluding hydrogens is 286 g/mol. The van der Waals surface area contributed by atoms with Gasteiger partial charge in [-0.2, -0.15) is 0 Å². The average Bonchev–Trinajstić information content (AvgIpc) is 2.36. The fraction of sp³-hybridized carbons (Fsp3) is 0.467. The maximum absolute atomic E-state index is 11.0. The number of nitrogens with zero attached hydrogens (tertiary/aromatic N) is 1. The minimum atomic E-state index is -2.01. The molecule has 2 rings (SSSR count). The molecule has 1 atom stereocenters. The molecule has 5 nitrogen and oxygen atoms in total. The van der Waals surface area contributed by atoms with E-state index in [1.54, 1.807) is 18.4 Å². The molecule has 0 radical (unpaired) electrons. The smallest absolute Gasteiger partial charge is 0.269 e. The lowest BCUT2D eigenvalue weighted by atomic mass is 10.0. The molecule has 0 saturated heterocycles. The molecule has 2 aliphatic rings. The first kappa shape index (κ1) is 15.6. The summed E-state index contributed by atoms with van der Waals surface area (Å²) in [6, 6.07) is 0. The molecule has 1 aliphatic heterocycles. The standard InChI is InChI=1S/C15H21NO4Si/c1-15(2,3)21(4,5)20-14-8-9-19-13-7-6-11(16(17)18)10-12(13)14/h6-10,13H,1-5H3. The van der Waals surface area contributed by atoms with Gasteiger partial charge in [-0.25, -0.2) is 0 Å². The predicted molar refractivity (Wildman–Crippen MR) is 83.5 cm³/mol. The van der Waals surface area contributed by atoms with E-state index in [1.807, 2.05) is 0 Å². The Kier molecular flexibility index (Phi) is 3.84. The topological polar surface area (TPSA) is 61.6 Å². The van der Waals surface area contributed by atoms with E-state index < -0.39 is 13.2 Å². The van der Waals surface area contributed by atoms with E-state index >= 15 is 0 Å². The van der Waals surface area contributed by atoms with Crippen LogP contribution in [0.5, 0.6) is 0 Å². The van der Waals surface area contributed by atoms with Gasteiger partial charge < -0.3 is 9.16 Å². The van der Waals surface area contributed by atoms with Crippen molar-refractivity contribution in [3.63, 3.8) is 0 Å². The van der Waals surface area contributed by atoms with Gasteiger partial charge in [0.05, 0.1) is 11.2 Å². The summed E-state index contributed by atoms with van der Waals surface area (Å²) in [6.07, 6.45) is 7.73. The van der Waals surface area contributed by atoms with Gasteiger partial charge in [0.2, 0.25) is 8.32 Å². The third-order valence-electron chi connectivity index (χ3n) is 4.16. The van der Waals surface area contributed by atoms with Crippen molar-refractivity contribution in [1.82, 2.24) is 0 Å². The van der Waals surface area contributed by atoms with Crippen molar-refractivity contribution >= 4 is 8.32 Å². The lowest BCUT2D eigenvalue weighted by molar-refractivity contribution is -0.419. The van der Waals surface area contributed by atoms with E-state index in [9.17, 15) is 10.1 Å². The second-order valence-corrected chi connectivity index (χ2v) is 11.5. The molecule has 0 bridgehead atoms. The molecule has 0 aromatic rings. The second-order valence-electron chi connectivity index (χ2n) is 6.73. The van der Waals surface area contributed by atoms with Gasteiger partial charge in [-0.15, -0.1) is 0 Å². The number of ether oxygens (including phenoxy) is 1. The Balaban J connectivity index is 2.39. The molecule has 114 valence electrons. The van der Waals surface area contributed by atoms with Gasteiger partial charge >= 0.3 is 0 Å². The number of rotatable bonds is 3. The fourth-order valence-electron chi connectivity index (χ4n) is 1.83. The van der Waals surface area contributed by atoms with Crippen LogP contribution in [0.3, 0.4) is 0 Å². The molecule has 0 fully saturated rings. The van der Waals surface area contributed by atoms with Gasteiger partial charge in [-0.3, -0.25) is 10.1 Å². The van der Waals surface area contributed by atoms with E-state index in [2.05, 4.69) is 33.9 Å². The van der Waals surface area contributed by atoms with Crippen LogP contribution >= 0.6 is 0 Å². The van der Waals surface area contributed by atoms with Crippen molar-refractivity contribution in [2.24, 2.45) is 0 Å². The summed E-state index contributed by atoms with van der Waals surface area (Å²) in [7, 11) is -2.01. The molecule has 1 aliphatic carbocycles. The molecule has 0 N–H and O–H groups in total. The highest BCUT2D eigenvalue weighted by molar-refractivity contribution is 6.74. The Hall–Kier alpha value is -1.82. The minimum Gasteiger partial charge on any atom is -0.543 e. The van der Waals surface area contributed by atoms with Crippen LogP contribution in [0, 0.1) is 10.1 Å². The molecule has 1 unspecified atom stereocenters. The van der Waals surface area contributed by atoms with Gasteiger partial charge in [0, 0.05) is 23.8 Å². The van der Waals surface area contributed by atoms with Crippen LogP contribution in [0.4, 0.5) is 0 Å². The Morgan fingerprint density at radius 1 is 1.33 bits per heavy atom. The predicted octanol–water partition coefficient (Wildman–Crippen LogP) is 3.91. The zero-order chi connectivity index (χ0) is 15.8. The number of allylic oxidation sites excluding steroid dienone is 2. The first-order chi connectivity index (χ1) is 9.62. The Morgan fingerprint density at radius 3 is 2.57 bits per heavy atom. The molecule has 0 aromatic heterocycles. The SMILES string of the molecule is CC(C)(C)[Si](C)(C)OC1=C2C=C([N+](=O)[O-])C=CC2OC=C1. The van der Waals surface area contributed by atoms with E-state index in [4.69, 9.17) is 9.16 Å². The Morgan fingerprint density at radius 2 is 2.00 bits per heavy atom. The van der Waals surface area contributed by atoms with Crippen molar-refractivity contribution in [2.45, 2.75) is 45.0 Å². The maximum atomic E-state index is 11.0. The van der Waals surface area contributed by atoms with Gasteiger partial charge in [-0.05, 0) is 24.2 Å². The summed E-state index contributed by atoms with van der Waals surface area (Å²) in [5, 5.41) is 11.0. The van der Waals surface area contributed by atoms with Crippen LogP contribution in [0.15, 0.2) is 47.6 Å². The number of hydrogen-bond donors (Lipinski definition) is 0. The summed E-state index contributed by atoms with van der Waals surface area (Å²) >= 11 is 0. The lowest BCUT2D eigenvalue weighted by Gasteiger charge is -2.38. The zero-order valence-electron chi connectivity index (χ0n) is 13.0. The van der Waals surface area contributed by atoms with Crippen LogP contribution in [-0.4, -0.2) is 19.3 Å². The fourth-order valence-corrected chi connectivity index (χ4v) is 2.87. The average molecular weight is 307 g/mol. The van der Waals surface area contributed by atoms with Crippen molar-refractivity contribution in [2.75, 3.05) is 0 Å². The first-order valence-corrected chi connectivity index (χ1v) is 9.82. The van der Waals surface area contributed by atoms with Gasteiger partial charge in [0.15, 0.2) is 0 Å². The molecular formula is C15H21NO4Si. The highest BCUT2D eigenvalue weighted by atomic mass is 28.4. The van der Waals surface area contributed by atoms with Crippen molar-refractivity contribution in [3.8, 4) is 0 Å². The van der Waals surface area contributed by atoms with Crippen LogP contribution in [-0.2, 0) is 9.16 Å². The molecule has 0 amide bonds. The van der Waals surface area contributed by atoms with Crippen LogP contribution < -0.4 is 0 Å². The summed E-state index contributed by atoms with van der Waals surface area (Å²) in [4.78, 5) is 10.6. The largest absolute Gasteiger partial charge is 0.543 e. The summed E-state index contributed by atoms with van der Waals surface area (Å²) < 4.78 is 11.8. The van der Waals surface area contributed by atoms with Crippen molar-refractivity contribution < 1.29 is 14.1 Å². The highest BCUT2D eigenvalue weighted by Crippen LogP contribution is 2.40. The van der Waals surface area contributed by atoms with Crippen molar-refractivity contribution in [1.29, 1.82) is 0 Å². The summed E-state index contributed by atoms with van der Waals surface area (Å²) in [6.45, 7) is 10.8. The summed E-state index contributed by atoms with van der Waals surface area (Å²) in [5.74, 6) is 0.682. The zero-order valence-corrected chi connectivity index (χ0v) is 14.0. The molecule has 0 saturated carbocycles. The van der Waals surface area contributed by atoms with Gasteiger partial charge in [0.25, 0.3) is 5.70 Å². The molecule has 21 heavy (non-hydrogen) atoms. The molecule has 0 aromatic carbocycles. The Labute approximate surface area is 125 Å². The van der Waals surface area contributed by atoms with Crippen LogP contribution in [0.25, 0.3) is 0 Å². The van der Waals surface area contributed by atoms with Gasteiger partial charge in [-0.1, -0.05) is 20.8 Å². The van der Waals surface area contributed by atoms with Gasteiger partial charge in [0.1, 0.15) is 11.9 Å². The van der Waals surface area contributed by atoms with Crippen LogP contribution in [0.2, 0.25) is 18.1 Å². The molecule has 1 heterocycles. The number of fused-ring (bicyclic) bond motifs is 1. The maximum Gasteiger partial charge on any atom is 0.269 e. The molecule has 6 heteroatoms. The third-order valence-corrected chi connectivity index (χ3v) is 8.51. The quantitative estimate of drug-likeness (QED) is 0.450. The van der Waals surface area contributed by atoms with E-state index in [0.29, 0.717) is 5.76 Å². The van der Waals surface area contributed by atoms with E-state index in [-0.39, 0.29) is 16.8 Å². The highest BCUT2D eigenvalue weighted by Gasteiger charge is 2.40. The second kappa shape index (κ2) is 5.18. The number of hydrogen-bond acceptors (Lipinski definition) is 4.